The first-order valence-corrected chi connectivity index (χ1v) is 7.04. The molecule has 1 aromatic carbocycles. The van der Waals surface area contributed by atoms with Gasteiger partial charge >= 0.3 is 0 Å². The van der Waals surface area contributed by atoms with Gasteiger partial charge in [-0.25, -0.2) is 0 Å². The number of nitrogens with two attached hydrogens (primary N) is 1. The molecular formula is C19H23N2O3Sm-. The molecule has 0 unspecified atom stereocenters. The number of hydrogen-bond acceptors (Lipinski definition) is 5. The average Bonchev–Trinajstić information content (AvgIpc) is 2.57. The molecule has 0 aliphatic rings. The van der Waals surface area contributed by atoms with Gasteiger partial charge in [0.05, 0.1) is 19.7 Å². The van der Waals surface area contributed by atoms with E-state index in [1.807, 2.05) is 12.1 Å². The number of methoxy groups -OCH3 is 2. The molecule has 0 aliphatic heterocycles. The second-order valence-electron chi connectivity index (χ2n) is 4.82. The van der Waals surface area contributed by atoms with Gasteiger partial charge in [-0.15, -0.1) is 0 Å². The Labute approximate surface area is 181 Å². The van der Waals surface area contributed by atoms with E-state index in [1.165, 1.54) is 0 Å². The molecule has 0 amide bonds. The predicted molar refractivity (Wildman–Crippen MR) is 98.1 cm³/mol. The van der Waals surface area contributed by atoms with Crippen LogP contribution in [0.1, 0.15) is 6.92 Å². The van der Waals surface area contributed by atoms with Crippen molar-refractivity contribution in [2.24, 2.45) is 5.73 Å². The van der Waals surface area contributed by atoms with Crippen LogP contribution in [0.15, 0.2) is 60.7 Å². The molecule has 1 heterocycles. The molecule has 2 aromatic rings. The largest absolute Gasteiger partial charge is 0.493 e. The van der Waals surface area contributed by atoms with Crippen LogP contribution in [-0.2, 0) is 0 Å². The number of pyridine rings is 1. The monoisotopic (exact) mass is 479 g/mol. The van der Waals surface area contributed by atoms with E-state index in [-0.39, 0.29) is 47.8 Å². The average molecular weight is 478 g/mol. The van der Waals surface area contributed by atoms with Gasteiger partial charge < -0.3 is 27.4 Å². The topological polar surface area (TPSA) is 66.6 Å². The van der Waals surface area contributed by atoms with E-state index in [4.69, 9.17) is 19.9 Å². The summed E-state index contributed by atoms with van der Waals surface area (Å²) in [4.78, 5) is 4.34. The van der Waals surface area contributed by atoms with Crippen molar-refractivity contribution >= 4 is 10.9 Å². The molecule has 0 saturated carbocycles. The number of rotatable bonds is 6. The van der Waals surface area contributed by atoms with Gasteiger partial charge in [0.2, 0.25) is 0 Å². The summed E-state index contributed by atoms with van der Waals surface area (Å²) in [5.74, 6) is 2.45. The first-order valence-electron chi connectivity index (χ1n) is 7.04. The minimum atomic E-state index is 0. The second kappa shape index (κ2) is 11.1. The Hall–Kier alpha value is -1.61. The van der Waals surface area contributed by atoms with Crippen LogP contribution >= 0.6 is 0 Å². The number of benzene rings is 1. The van der Waals surface area contributed by atoms with Gasteiger partial charge in [0.1, 0.15) is 11.5 Å². The fourth-order valence-electron chi connectivity index (χ4n) is 2.02. The van der Waals surface area contributed by atoms with E-state index in [0.29, 0.717) is 28.7 Å². The van der Waals surface area contributed by atoms with Gasteiger partial charge in [0, 0.05) is 63.7 Å². The summed E-state index contributed by atoms with van der Waals surface area (Å²) >= 11 is 0. The van der Waals surface area contributed by atoms with Gasteiger partial charge in [-0.3, -0.25) is 4.98 Å². The molecule has 134 valence electrons. The minimum absolute atomic E-state index is 0. The van der Waals surface area contributed by atoms with Crippen molar-refractivity contribution < 1.29 is 54.6 Å². The number of fused-ring (bicyclic) bond motifs is 1. The van der Waals surface area contributed by atoms with Crippen molar-refractivity contribution in [2.75, 3.05) is 14.2 Å². The summed E-state index contributed by atoms with van der Waals surface area (Å²) in [7, 11) is 3.18. The number of aromatic nitrogens is 1. The van der Waals surface area contributed by atoms with Gasteiger partial charge in [-0.05, 0) is 37.3 Å². The fraction of sp³-hybridized carbons (Fsp3) is 0.158. The number of ether oxygens (including phenoxy) is 3. The summed E-state index contributed by atoms with van der Waals surface area (Å²) in [6.07, 6.45) is 6.81. The molecule has 1 aromatic heterocycles. The van der Waals surface area contributed by atoms with Crippen molar-refractivity contribution in [3.8, 4) is 17.2 Å². The standard InChI is InChI=1S/C18H20N2O3.CH3.Sm/c1-5-13(7-6-12(2)19)23-16-8-9-20-15-11-18(22-4)17(21-3)10-14(15)16;;/h5-11H,1,19H2,2-4H3;1H3;/q;-1;/b12-6+,13-7+;;. The molecule has 0 radical (unpaired) electrons. The summed E-state index contributed by atoms with van der Waals surface area (Å²) in [6, 6.07) is 5.42. The van der Waals surface area contributed by atoms with Crippen LogP contribution in [-0.4, -0.2) is 19.2 Å². The molecule has 0 spiro atoms. The third kappa shape index (κ3) is 6.00. The summed E-state index contributed by atoms with van der Waals surface area (Å²) in [5, 5.41) is 0.811. The Balaban J connectivity index is 0.00000288. The molecule has 2 N–H and O–H groups in total. The van der Waals surface area contributed by atoms with Crippen LogP contribution < -0.4 is 19.9 Å². The molecular weight excluding hydrogens is 455 g/mol. The quantitative estimate of drug-likeness (QED) is 0.387. The molecule has 6 heteroatoms. The number of allylic oxidation sites excluding steroid dienone is 4. The van der Waals surface area contributed by atoms with Crippen LogP contribution in [0, 0.1) is 47.8 Å². The summed E-state index contributed by atoms with van der Waals surface area (Å²) < 4.78 is 16.5. The second-order valence-corrected chi connectivity index (χ2v) is 4.82. The van der Waals surface area contributed by atoms with E-state index in [1.54, 1.807) is 51.6 Å². The Morgan fingerprint density at radius 1 is 1.12 bits per heavy atom. The molecule has 2 rings (SSSR count). The Morgan fingerprint density at radius 3 is 2.32 bits per heavy atom. The minimum Gasteiger partial charge on any atom is -0.493 e. The van der Waals surface area contributed by atoms with Crippen molar-refractivity contribution in [1.82, 2.24) is 4.98 Å². The number of hydrogen-bond donors (Lipinski definition) is 1. The first kappa shape index (κ1) is 23.4. The van der Waals surface area contributed by atoms with Crippen molar-refractivity contribution in [2.45, 2.75) is 6.92 Å². The van der Waals surface area contributed by atoms with E-state index in [0.717, 1.165) is 10.9 Å². The van der Waals surface area contributed by atoms with Gasteiger partial charge in [-0.2, -0.15) is 0 Å². The van der Waals surface area contributed by atoms with Gasteiger partial charge in [0.25, 0.3) is 0 Å². The van der Waals surface area contributed by atoms with Crippen LogP contribution in [0.2, 0.25) is 0 Å². The van der Waals surface area contributed by atoms with Crippen LogP contribution in [0.5, 0.6) is 17.2 Å². The maximum atomic E-state index is 5.91. The molecule has 0 fully saturated rings. The van der Waals surface area contributed by atoms with Crippen LogP contribution in [0.25, 0.3) is 10.9 Å². The van der Waals surface area contributed by atoms with E-state index < -0.39 is 0 Å². The summed E-state index contributed by atoms with van der Waals surface area (Å²) in [5.41, 5.74) is 7.06. The molecule has 25 heavy (non-hydrogen) atoms. The van der Waals surface area contributed by atoms with Gasteiger partial charge in [0.15, 0.2) is 11.5 Å². The molecule has 0 bridgehead atoms. The van der Waals surface area contributed by atoms with E-state index >= 15 is 0 Å². The fourth-order valence-corrected chi connectivity index (χ4v) is 2.02. The molecule has 0 saturated heterocycles. The normalized spacial score (nSPS) is 11.2. The maximum absolute atomic E-state index is 5.91. The third-order valence-electron chi connectivity index (χ3n) is 3.15. The molecule has 5 nitrogen and oxygen atoms in total. The zero-order valence-corrected chi connectivity index (χ0v) is 17.5. The Bertz CT molecular complexity index is 782. The predicted octanol–water partition coefficient (Wildman–Crippen LogP) is 4.01. The first-order chi connectivity index (χ1) is 11.1. The zero-order valence-electron chi connectivity index (χ0n) is 14.9. The van der Waals surface area contributed by atoms with Crippen LogP contribution in [0.3, 0.4) is 0 Å². The Morgan fingerprint density at radius 2 is 1.76 bits per heavy atom. The van der Waals surface area contributed by atoms with E-state index in [2.05, 4.69) is 11.6 Å². The number of nitrogens with zero attached hydrogens (tertiary/aromatic N) is 1. The molecule has 0 atom stereocenters. The Kier molecular flexibility index (Phi) is 10.4. The van der Waals surface area contributed by atoms with E-state index in [9.17, 15) is 0 Å². The SMILES string of the molecule is C=C/C(=C\C=C(/C)N)Oc1ccnc2cc(OC)c(OC)cc12.[CH3-].[Sm]. The van der Waals surface area contributed by atoms with Crippen LogP contribution in [0.4, 0.5) is 0 Å². The zero-order chi connectivity index (χ0) is 16.8. The smallest absolute Gasteiger partial charge is 0.162 e. The van der Waals surface area contributed by atoms with Crippen molar-refractivity contribution in [3.63, 3.8) is 0 Å². The maximum Gasteiger partial charge on any atom is 0.162 e. The molecule has 0 aliphatic carbocycles. The van der Waals surface area contributed by atoms with Crippen molar-refractivity contribution in [1.29, 1.82) is 0 Å². The van der Waals surface area contributed by atoms with Crippen molar-refractivity contribution in [3.05, 3.63) is 68.1 Å². The third-order valence-corrected chi connectivity index (χ3v) is 3.15. The van der Waals surface area contributed by atoms with Gasteiger partial charge in [-0.1, -0.05) is 6.58 Å². The summed E-state index contributed by atoms with van der Waals surface area (Å²) in [6.45, 7) is 5.55.